The number of benzene rings is 1. The summed E-state index contributed by atoms with van der Waals surface area (Å²) in [4.78, 5) is 17.0. The minimum atomic E-state index is 0.0492. The number of para-hydroxylation sites is 1. The van der Waals surface area contributed by atoms with Crippen LogP contribution >= 0.6 is 11.6 Å². The van der Waals surface area contributed by atoms with Crippen LogP contribution in [0.3, 0.4) is 0 Å². The lowest BCUT2D eigenvalue weighted by Gasteiger charge is -2.35. The van der Waals surface area contributed by atoms with Crippen LogP contribution in [0, 0.1) is 5.92 Å². The number of fused-ring (bicyclic) bond motifs is 1. The molecule has 0 atom stereocenters. The molecule has 0 spiro atoms. The first-order valence-electron chi connectivity index (χ1n) is 6.27. The smallest absolute Gasteiger partial charge is 0.261 e. The van der Waals surface area contributed by atoms with Crippen molar-refractivity contribution < 1.29 is 0 Å². The van der Waals surface area contributed by atoms with Crippen LogP contribution in [0.4, 0.5) is 0 Å². The van der Waals surface area contributed by atoms with Gasteiger partial charge in [-0.2, -0.15) is 0 Å². The zero-order valence-electron chi connectivity index (χ0n) is 10.3. The molecule has 0 N–H and O–H groups in total. The van der Waals surface area contributed by atoms with Crippen LogP contribution in [-0.2, 0) is 5.88 Å². The fourth-order valence-corrected chi connectivity index (χ4v) is 2.92. The molecule has 1 aromatic carbocycles. The molecule has 0 aliphatic heterocycles. The first-order chi connectivity index (χ1) is 8.70. The Labute approximate surface area is 110 Å². The van der Waals surface area contributed by atoms with Crippen LogP contribution in [0.2, 0.25) is 0 Å². The molecule has 1 aromatic heterocycles. The van der Waals surface area contributed by atoms with E-state index in [0.29, 0.717) is 17.1 Å². The van der Waals surface area contributed by atoms with Crippen molar-refractivity contribution in [2.45, 2.75) is 31.7 Å². The Morgan fingerprint density at radius 3 is 2.78 bits per heavy atom. The summed E-state index contributed by atoms with van der Waals surface area (Å²) in [5.41, 5.74) is 0.787. The topological polar surface area (TPSA) is 34.9 Å². The predicted octanol–water partition coefficient (Wildman–Crippen LogP) is 3.11. The van der Waals surface area contributed by atoms with E-state index in [0.717, 1.165) is 18.4 Å². The van der Waals surface area contributed by atoms with E-state index in [4.69, 9.17) is 11.6 Å². The fourth-order valence-electron chi connectivity index (χ4n) is 2.73. The second-order valence-corrected chi connectivity index (χ2v) is 5.35. The number of aromatic nitrogens is 2. The summed E-state index contributed by atoms with van der Waals surface area (Å²) in [7, 11) is 0. The average Bonchev–Trinajstić information content (AvgIpc) is 2.35. The molecular weight excluding hydrogens is 248 g/mol. The van der Waals surface area contributed by atoms with Crippen molar-refractivity contribution in [1.29, 1.82) is 0 Å². The third-order valence-corrected chi connectivity index (χ3v) is 3.95. The van der Waals surface area contributed by atoms with Crippen LogP contribution in [0.1, 0.15) is 31.6 Å². The third kappa shape index (κ3) is 1.74. The van der Waals surface area contributed by atoms with E-state index in [1.54, 1.807) is 4.57 Å². The van der Waals surface area contributed by atoms with Crippen molar-refractivity contribution in [2.75, 3.05) is 0 Å². The van der Waals surface area contributed by atoms with Gasteiger partial charge in [-0.3, -0.25) is 9.36 Å². The van der Waals surface area contributed by atoms with Gasteiger partial charge in [0.15, 0.2) is 0 Å². The first-order valence-corrected chi connectivity index (χ1v) is 6.80. The van der Waals surface area contributed by atoms with Gasteiger partial charge in [0.2, 0.25) is 0 Å². The first kappa shape index (κ1) is 11.7. The van der Waals surface area contributed by atoms with Gasteiger partial charge in [0.05, 0.1) is 16.8 Å². The molecule has 0 radical (unpaired) electrons. The Kier molecular flexibility index (Phi) is 2.86. The highest BCUT2D eigenvalue weighted by Crippen LogP contribution is 2.37. The van der Waals surface area contributed by atoms with E-state index in [2.05, 4.69) is 11.9 Å². The van der Waals surface area contributed by atoms with Gasteiger partial charge >= 0.3 is 0 Å². The molecule has 94 valence electrons. The number of halogens is 1. The summed E-state index contributed by atoms with van der Waals surface area (Å²) >= 11 is 5.94. The molecule has 1 heterocycles. The number of hydrogen-bond acceptors (Lipinski definition) is 2. The second-order valence-electron chi connectivity index (χ2n) is 5.08. The molecule has 1 saturated carbocycles. The van der Waals surface area contributed by atoms with Crippen LogP contribution in [-0.4, -0.2) is 9.55 Å². The Bertz CT molecular complexity index is 644. The van der Waals surface area contributed by atoms with Crippen molar-refractivity contribution in [1.82, 2.24) is 9.55 Å². The van der Waals surface area contributed by atoms with Gasteiger partial charge in [0.25, 0.3) is 5.56 Å². The summed E-state index contributed by atoms with van der Waals surface area (Å²) in [6.45, 7) is 2.20. The molecule has 0 amide bonds. The lowest BCUT2D eigenvalue weighted by molar-refractivity contribution is 0.207. The third-order valence-electron chi connectivity index (χ3n) is 3.71. The van der Waals surface area contributed by atoms with Crippen LogP contribution in [0.25, 0.3) is 10.9 Å². The van der Waals surface area contributed by atoms with Gasteiger partial charge in [0.1, 0.15) is 5.82 Å². The van der Waals surface area contributed by atoms with E-state index in [-0.39, 0.29) is 17.5 Å². The van der Waals surface area contributed by atoms with E-state index >= 15 is 0 Å². The molecular formula is C14H15ClN2O. The zero-order valence-corrected chi connectivity index (χ0v) is 11.0. The molecule has 18 heavy (non-hydrogen) atoms. The number of hydrogen-bond donors (Lipinski definition) is 0. The quantitative estimate of drug-likeness (QED) is 0.780. The SMILES string of the molecule is CC1CC(n2c(CCl)nc3ccccc3c2=O)C1. The summed E-state index contributed by atoms with van der Waals surface area (Å²) in [5.74, 6) is 1.67. The van der Waals surface area contributed by atoms with E-state index in [1.807, 2.05) is 24.3 Å². The second kappa shape index (κ2) is 4.39. The van der Waals surface area contributed by atoms with Gasteiger partial charge in [-0.25, -0.2) is 4.98 Å². The largest absolute Gasteiger partial charge is 0.292 e. The minimum Gasteiger partial charge on any atom is -0.292 e. The maximum absolute atomic E-state index is 12.5. The summed E-state index contributed by atoms with van der Waals surface area (Å²) in [5, 5.41) is 0.686. The lowest BCUT2D eigenvalue weighted by Crippen LogP contribution is -2.35. The fraction of sp³-hybridized carbons (Fsp3) is 0.429. The normalized spacial score (nSPS) is 23.0. The van der Waals surface area contributed by atoms with Gasteiger partial charge in [-0.1, -0.05) is 19.1 Å². The summed E-state index contributed by atoms with van der Waals surface area (Å²) in [6.07, 6.45) is 2.09. The Balaban J connectivity index is 2.22. The monoisotopic (exact) mass is 262 g/mol. The molecule has 4 heteroatoms. The lowest BCUT2D eigenvalue weighted by atomic mass is 9.81. The highest BCUT2D eigenvalue weighted by Gasteiger charge is 2.29. The van der Waals surface area contributed by atoms with Crippen molar-refractivity contribution in [2.24, 2.45) is 5.92 Å². The maximum atomic E-state index is 12.5. The Hall–Kier alpha value is -1.35. The molecule has 1 aliphatic rings. The Morgan fingerprint density at radius 1 is 1.39 bits per heavy atom. The summed E-state index contributed by atoms with van der Waals surface area (Å²) in [6, 6.07) is 7.74. The van der Waals surface area contributed by atoms with Crippen LogP contribution < -0.4 is 5.56 Å². The molecule has 1 fully saturated rings. The van der Waals surface area contributed by atoms with Gasteiger partial charge in [0, 0.05) is 6.04 Å². The van der Waals surface area contributed by atoms with Crippen molar-refractivity contribution in [3.63, 3.8) is 0 Å². The molecule has 1 aliphatic carbocycles. The van der Waals surface area contributed by atoms with Crippen LogP contribution in [0.5, 0.6) is 0 Å². The number of nitrogens with zero attached hydrogens (tertiary/aromatic N) is 2. The summed E-state index contributed by atoms with van der Waals surface area (Å²) < 4.78 is 1.80. The highest BCUT2D eigenvalue weighted by atomic mass is 35.5. The number of alkyl halides is 1. The molecule has 2 aromatic rings. The van der Waals surface area contributed by atoms with E-state index in [9.17, 15) is 4.79 Å². The van der Waals surface area contributed by atoms with E-state index < -0.39 is 0 Å². The van der Waals surface area contributed by atoms with Crippen molar-refractivity contribution >= 4 is 22.5 Å². The zero-order chi connectivity index (χ0) is 12.7. The molecule has 3 nitrogen and oxygen atoms in total. The average molecular weight is 263 g/mol. The maximum Gasteiger partial charge on any atom is 0.261 e. The van der Waals surface area contributed by atoms with Crippen molar-refractivity contribution in [3.05, 3.63) is 40.4 Å². The van der Waals surface area contributed by atoms with Gasteiger partial charge < -0.3 is 0 Å². The predicted molar refractivity (Wildman–Crippen MR) is 73.0 cm³/mol. The van der Waals surface area contributed by atoms with Gasteiger partial charge in [-0.05, 0) is 30.9 Å². The van der Waals surface area contributed by atoms with Crippen molar-refractivity contribution in [3.8, 4) is 0 Å². The van der Waals surface area contributed by atoms with Crippen LogP contribution in [0.15, 0.2) is 29.1 Å². The molecule has 0 saturated heterocycles. The molecule has 3 rings (SSSR count). The standard InChI is InChI=1S/C14H15ClN2O/c1-9-6-10(7-9)17-13(8-15)16-12-5-3-2-4-11(12)14(17)18/h2-5,9-10H,6-8H2,1H3. The highest BCUT2D eigenvalue weighted by molar-refractivity contribution is 6.16. The van der Waals surface area contributed by atoms with E-state index in [1.165, 1.54) is 0 Å². The molecule has 0 unspecified atom stereocenters. The Morgan fingerprint density at radius 2 is 2.11 bits per heavy atom. The van der Waals surface area contributed by atoms with Gasteiger partial charge in [-0.15, -0.1) is 11.6 Å². The molecule has 0 bridgehead atoms. The number of rotatable bonds is 2. The minimum absolute atomic E-state index is 0.0492.